The topological polar surface area (TPSA) is 82.8 Å². The third-order valence-corrected chi connectivity index (χ3v) is 9.41. The van der Waals surface area contributed by atoms with Crippen molar-refractivity contribution in [2.75, 3.05) is 24.6 Å². The molecule has 9 nitrogen and oxygen atoms in total. The monoisotopic (exact) mass is 524 g/mol. The van der Waals surface area contributed by atoms with Gasteiger partial charge in [-0.05, 0) is 36.1 Å². The molecule has 13 heteroatoms. The van der Waals surface area contributed by atoms with Crippen LogP contribution < -0.4 is 0 Å². The Morgan fingerprint density at radius 3 is 2.24 bits per heavy atom. The Morgan fingerprint density at radius 1 is 1.00 bits per heavy atom. The number of nitrogens with zero attached hydrogens (tertiary/aromatic N) is 8. The third kappa shape index (κ3) is 7.44. The van der Waals surface area contributed by atoms with Gasteiger partial charge in [-0.25, -0.2) is 22.8 Å². The fraction of sp³-hybridized carbons (Fsp3) is 0.400. The highest BCUT2D eigenvalue weighted by Crippen LogP contribution is 2.20. The molecule has 0 bridgehead atoms. The van der Waals surface area contributed by atoms with Crippen molar-refractivity contribution in [2.45, 2.75) is 25.9 Å². The molecule has 0 aliphatic carbocycles. The summed E-state index contributed by atoms with van der Waals surface area (Å²) >= 11 is 11.4. The van der Waals surface area contributed by atoms with Gasteiger partial charge in [0.05, 0.1) is 16.6 Å². The summed E-state index contributed by atoms with van der Waals surface area (Å²) in [6.07, 6.45) is 5.35. The van der Waals surface area contributed by atoms with Crippen LogP contribution in [-0.2, 0) is 33.9 Å². The first-order valence-electron chi connectivity index (χ1n) is 10.0. The Kier molecular flexibility index (Phi) is 9.56. The molecular formula is C20H22Cl2N8OS2. The Balaban J connectivity index is 0.000000186. The highest BCUT2D eigenvalue weighted by molar-refractivity contribution is 7.91. The van der Waals surface area contributed by atoms with E-state index in [1.165, 1.54) is 0 Å². The van der Waals surface area contributed by atoms with Gasteiger partial charge in [0.25, 0.3) is 0 Å². The minimum absolute atomic E-state index is 0.228. The van der Waals surface area contributed by atoms with Gasteiger partial charge in [-0.1, -0.05) is 35.3 Å². The minimum Gasteiger partial charge on any atom is -0.244 e. The number of rotatable bonds is 4. The first kappa shape index (κ1) is 25.5. The van der Waals surface area contributed by atoms with Gasteiger partial charge < -0.3 is 0 Å². The Morgan fingerprint density at radius 2 is 1.67 bits per heavy atom. The molecule has 0 radical (unpaired) electrons. The Hall–Kier alpha value is -2.12. The number of hydrogen-bond acceptors (Lipinski definition) is 5. The maximum atomic E-state index is 12.3. The van der Waals surface area contributed by atoms with Gasteiger partial charge in [-0.2, -0.15) is 13.1 Å². The van der Waals surface area contributed by atoms with Crippen LogP contribution in [0, 0.1) is 13.1 Å². The quantitative estimate of drug-likeness (QED) is 0.331. The van der Waals surface area contributed by atoms with Crippen molar-refractivity contribution >= 4 is 44.0 Å². The van der Waals surface area contributed by atoms with E-state index in [1.807, 2.05) is 12.1 Å². The molecular weight excluding hydrogens is 503 g/mol. The van der Waals surface area contributed by atoms with E-state index in [9.17, 15) is 4.21 Å². The lowest BCUT2D eigenvalue weighted by Crippen LogP contribution is -2.24. The first-order valence-corrected chi connectivity index (χ1v) is 13.7. The molecule has 0 aromatic carbocycles. The highest BCUT2D eigenvalue weighted by Gasteiger charge is 2.29. The lowest BCUT2D eigenvalue weighted by Gasteiger charge is -2.14. The average Bonchev–Trinajstić information content (AvgIpc) is 3.39. The van der Waals surface area contributed by atoms with E-state index in [4.69, 9.17) is 36.3 Å². The van der Waals surface area contributed by atoms with Crippen LogP contribution in [0.5, 0.6) is 0 Å². The fourth-order valence-electron chi connectivity index (χ4n) is 3.34. The molecule has 2 aromatic rings. The van der Waals surface area contributed by atoms with Gasteiger partial charge in [0.1, 0.15) is 14.8 Å². The van der Waals surface area contributed by atoms with Crippen LogP contribution in [0.25, 0.3) is 9.91 Å². The second-order valence-electron chi connectivity index (χ2n) is 7.13. The predicted octanol–water partition coefficient (Wildman–Crippen LogP) is 4.65. The average molecular weight is 525 g/mol. The summed E-state index contributed by atoms with van der Waals surface area (Å²) in [6.45, 7) is 16.5. The second kappa shape index (κ2) is 12.4. The van der Waals surface area contributed by atoms with E-state index in [0.29, 0.717) is 29.1 Å². The van der Waals surface area contributed by atoms with Crippen molar-refractivity contribution in [2.24, 2.45) is 8.94 Å². The summed E-state index contributed by atoms with van der Waals surface area (Å²) in [4.78, 5) is 14.1. The highest BCUT2D eigenvalue weighted by atomic mass is 35.5. The van der Waals surface area contributed by atoms with Gasteiger partial charge in [0, 0.05) is 44.3 Å². The van der Waals surface area contributed by atoms with E-state index >= 15 is 0 Å². The summed E-state index contributed by atoms with van der Waals surface area (Å²) in [5.41, 5.74) is 2.04. The molecule has 0 amide bonds. The van der Waals surface area contributed by atoms with E-state index in [2.05, 4.69) is 33.1 Å². The number of halogens is 2. The van der Waals surface area contributed by atoms with Crippen molar-refractivity contribution in [3.8, 4) is 0 Å². The van der Waals surface area contributed by atoms with Gasteiger partial charge in [0.2, 0.25) is 0 Å². The SMILES string of the molecule is [C-]#[N+]/N=S1\CCCN1Cc1ccc(Cl)nc1.[C-]#[N+]N=S1(=O)CCCN1Cc1ccc(Cl)nc1. The molecule has 2 fully saturated rings. The zero-order valence-corrected chi connectivity index (χ0v) is 20.8. The zero-order chi connectivity index (χ0) is 23.7. The van der Waals surface area contributed by atoms with Crippen molar-refractivity contribution < 1.29 is 4.21 Å². The molecule has 0 spiro atoms. The smallest absolute Gasteiger partial charge is 0.187 e. The fourth-order valence-corrected chi connectivity index (χ4v) is 6.97. The van der Waals surface area contributed by atoms with Crippen LogP contribution in [-0.4, -0.2) is 47.4 Å². The largest absolute Gasteiger partial charge is 0.244 e. The number of pyridine rings is 2. The van der Waals surface area contributed by atoms with Crippen molar-refractivity contribution in [3.63, 3.8) is 0 Å². The summed E-state index contributed by atoms with van der Waals surface area (Å²) in [5, 5.41) is 0.941. The van der Waals surface area contributed by atoms with Crippen LogP contribution >= 0.6 is 23.2 Å². The van der Waals surface area contributed by atoms with Crippen molar-refractivity contribution in [3.05, 3.63) is 81.1 Å². The lowest BCUT2D eigenvalue weighted by molar-refractivity contribution is 0.465. The van der Waals surface area contributed by atoms with Crippen LogP contribution in [0.1, 0.15) is 24.0 Å². The molecule has 0 saturated carbocycles. The Bertz CT molecular complexity index is 1180. The predicted molar refractivity (Wildman–Crippen MR) is 132 cm³/mol. The lowest BCUT2D eigenvalue weighted by atomic mass is 10.3. The van der Waals surface area contributed by atoms with Gasteiger partial charge >= 0.3 is 0 Å². The van der Waals surface area contributed by atoms with E-state index in [0.717, 1.165) is 42.8 Å². The number of aromatic nitrogens is 2. The van der Waals surface area contributed by atoms with Crippen LogP contribution in [0.15, 0.2) is 45.6 Å². The normalized spacial score (nSPS) is 22.8. The summed E-state index contributed by atoms with van der Waals surface area (Å²) in [6, 6.07) is 7.29. The standard InChI is InChI=1S/C10H11ClN4OS.C10H11ClN4S/c1-12-14-17(16)6-2-5-15(17)8-9-3-4-10(11)13-7-9;1-12-14-16-6-2-5-15(16)8-9-3-4-10(11)13-7-9/h3-4,7H,2,5-6,8H2;3-4,7H,2,5-6,8H2. The summed E-state index contributed by atoms with van der Waals surface area (Å²) < 4.78 is 23.7. The molecule has 2 saturated heterocycles. The molecule has 174 valence electrons. The summed E-state index contributed by atoms with van der Waals surface area (Å²) in [5.74, 6) is 1.47. The number of hydrogen-bond donors (Lipinski definition) is 0. The van der Waals surface area contributed by atoms with E-state index < -0.39 is 9.92 Å². The molecule has 33 heavy (non-hydrogen) atoms. The molecule has 2 aliphatic rings. The minimum atomic E-state index is -2.51. The molecule has 0 N–H and O–H groups in total. The summed E-state index contributed by atoms with van der Waals surface area (Å²) in [7, 11) is -2.74. The molecule has 4 heterocycles. The maximum Gasteiger partial charge on any atom is 0.187 e. The van der Waals surface area contributed by atoms with Crippen LogP contribution in [0.3, 0.4) is 0 Å². The molecule has 2 aliphatic heterocycles. The Labute approximate surface area is 206 Å². The second-order valence-corrected chi connectivity index (χ2v) is 12.0. The van der Waals surface area contributed by atoms with Crippen LogP contribution in [0.4, 0.5) is 0 Å². The molecule has 2 atom stereocenters. The van der Waals surface area contributed by atoms with E-state index in [1.54, 1.807) is 28.8 Å². The van der Waals surface area contributed by atoms with Crippen molar-refractivity contribution in [1.29, 1.82) is 0 Å². The first-order chi connectivity index (χ1) is 15.9. The zero-order valence-electron chi connectivity index (χ0n) is 17.7. The van der Waals surface area contributed by atoms with Crippen LogP contribution in [0.2, 0.25) is 10.3 Å². The van der Waals surface area contributed by atoms with E-state index in [-0.39, 0.29) is 10.9 Å². The molecule has 4 rings (SSSR count). The van der Waals surface area contributed by atoms with Crippen molar-refractivity contribution in [1.82, 2.24) is 18.6 Å². The molecule has 2 unspecified atom stereocenters. The van der Waals surface area contributed by atoms with Gasteiger partial charge in [0.15, 0.2) is 14.4 Å². The van der Waals surface area contributed by atoms with Gasteiger partial charge in [-0.15, -0.1) is 9.91 Å². The third-order valence-electron chi connectivity index (χ3n) is 4.85. The molecule has 2 aromatic heterocycles. The van der Waals surface area contributed by atoms with Gasteiger partial charge in [-0.3, -0.25) is 0 Å². The maximum absolute atomic E-state index is 12.3.